The lowest BCUT2D eigenvalue weighted by Crippen LogP contribution is -2.16. The van der Waals surface area contributed by atoms with Gasteiger partial charge >= 0.3 is 13.6 Å². The zero-order valence-corrected chi connectivity index (χ0v) is 9.88. The van der Waals surface area contributed by atoms with Gasteiger partial charge in [-0.2, -0.15) is 0 Å². The third-order valence-electron chi connectivity index (χ3n) is 1.10. The number of carbonyl (C=O) groups is 1. The molecule has 1 atom stereocenters. The predicted octanol–water partition coefficient (Wildman–Crippen LogP) is 2.06. The molecule has 0 unspecified atom stereocenters. The summed E-state index contributed by atoms with van der Waals surface area (Å²) >= 11 is 2.75. The minimum Gasteiger partial charge on any atom is -0.480 e. The van der Waals surface area contributed by atoms with Crippen LogP contribution in [0.1, 0.15) is 13.8 Å². The van der Waals surface area contributed by atoms with E-state index in [1.807, 2.05) is 0 Å². The van der Waals surface area contributed by atoms with Crippen LogP contribution >= 0.6 is 23.5 Å². The van der Waals surface area contributed by atoms with Crippen LogP contribution in [0.2, 0.25) is 0 Å². The lowest BCUT2D eigenvalue weighted by molar-refractivity contribution is -0.135. The number of carboxylic acid groups (broad SMARTS) is 1. The molecule has 0 bridgehead atoms. The first-order valence-corrected chi connectivity index (χ1v) is 6.26. The maximum absolute atomic E-state index is 11.7. The third-order valence-corrected chi connectivity index (χ3v) is 5.01. The first-order valence-electron chi connectivity index (χ1n) is 3.73. The number of alkyl halides is 1. The van der Waals surface area contributed by atoms with Crippen LogP contribution in [0.15, 0.2) is 0 Å². The van der Waals surface area contributed by atoms with Gasteiger partial charge < -0.3 is 14.2 Å². The van der Waals surface area contributed by atoms with Crippen LogP contribution < -0.4 is 0 Å². The molecular weight excluding hydrogens is 263 g/mol. The molecule has 0 aliphatic carbocycles. The van der Waals surface area contributed by atoms with Crippen molar-refractivity contribution in [2.75, 3.05) is 13.2 Å². The Kier molecular flexibility index (Phi) is 5.80. The van der Waals surface area contributed by atoms with Crippen LogP contribution in [0.3, 0.4) is 0 Å². The molecule has 0 saturated carbocycles. The van der Waals surface area contributed by atoms with E-state index >= 15 is 0 Å². The number of hydrogen-bond donors (Lipinski definition) is 1. The normalized spacial score (nSPS) is 14.1. The van der Waals surface area contributed by atoms with Gasteiger partial charge in [-0.25, -0.2) is 0 Å². The molecule has 78 valence electrons. The van der Waals surface area contributed by atoms with Gasteiger partial charge in [-0.1, -0.05) is 15.9 Å². The summed E-state index contributed by atoms with van der Waals surface area (Å²) in [6, 6.07) is 0. The Bertz CT molecular complexity index is 209. The smallest absolute Gasteiger partial charge is 0.355 e. The first kappa shape index (κ1) is 13.1. The molecule has 0 heterocycles. The second-order valence-electron chi connectivity index (χ2n) is 2.05. The topological polar surface area (TPSA) is 72.8 Å². The Balaban J connectivity index is 4.57. The summed E-state index contributed by atoms with van der Waals surface area (Å²) < 4.78 is 20.0. The highest BCUT2D eigenvalue weighted by molar-refractivity contribution is 9.11. The van der Waals surface area contributed by atoms with Crippen LogP contribution in [0.25, 0.3) is 0 Å². The average Bonchev–Trinajstić information content (AvgIpc) is 2.03. The summed E-state index contributed by atoms with van der Waals surface area (Å²) in [4.78, 5) is 10.5. The van der Waals surface area contributed by atoms with Crippen molar-refractivity contribution < 1.29 is 23.5 Å². The summed E-state index contributed by atoms with van der Waals surface area (Å²) in [5.74, 6) is -1.26. The standard InChI is InChI=1S/C6H12BrO5P/c1-3-11-13(10,12-4-2)5(7)6(8)9/h5H,3-4H2,1-2H3,(H,8,9)/t5-/m1/s1. The Hall–Kier alpha value is 0.100. The summed E-state index contributed by atoms with van der Waals surface area (Å²) in [6.07, 6.45) is 0. The van der Waals surface area contributed by atoms with E-state index in [4.69, 9.17) is 14.2 Å². The Morgan fingerprint density at radius 1 is 1.46 bits per heavy atom. The molecule has 0 aromatic carbocycles. The fourth-order valence-electron chi connectivity index (χ4n) is 0.663. The number of rotatable bonds is 6. The van der Waals surface area contributed by atoms with Crippen LogP contribution in [0, 0.1) is 0 Å². The molecule has 0 saturated heterocycles. The minimum atomic E-state index is -3.55. The molecule has 13 heavy (non-hydrogen) atoms. The zero-order chi connectivity index (χ0) is 10.5. The summed E-state index contributed by atoms with van der Waals surface area (Å²) in [7, 11) is -3.55. The Labute approximate surface area is 85.1 Å². The highest BCUT2D eigenvalue weighted by Gasteiger charge is 2.39. The van der Waals surface area contributed by atoms with Crippen molar-refractivity contribution in [3.8, 4) is 0 Å². The van der Waals surface area contributed by atoms with E-state index in [9.17, 15) is 9.36 Å². The molecule has 0 fully saturated rings. The number of hydrogen-bond acceptors (Lipinski definition) is 4. The van der Waals surface area contributed by atoms with Gasteiger partial charge in [-0.05, 0) is 13.8 Å². The molecule has 0 radical (unpaired) electrons. The van der Waals surface area contributed by atoms with Gasteiger partial charge in [0.05, 0.1) is 13.2 Å². The van der Waals surface area contributed by atoms with Gasteiger partial charge in [0.2, 0.25) is 4.57 Å². The second kappa shape index (κ2) is 5.75. The zero-order valence-electron chi connectivity index (χ0n) is 7.40. The lowest BCUT2D eigenvalue weighted by atomic mass is 10.8. The fraction of sp³-hybridized carbons (Fsp3) is 0.833. The van der Waals surface area contributed by atoms with Gasteiger partial charge in [-0.15, -0.1) is 0 Å². The van der Waals surface area contributed by atoms with Gasteiger partial charge in [0.25, 0.3) is 0 Å². The predicted molar refractivity (Wildman–Crippen MR) is 51.2 cm³/mol. The van der Waals surface area contributed by atoms with Crippen molar-refractivity contribution >= 4 is 29.5 Å². The van der Waals surface area contributed by atoms with Crippen molar-refractivity contribution in [1.82, 2.24) is 0 Å². The molecule has 1 N–H and O–H groups in total. The highest BCUT2D eigenvalue weighted by atomic mass is 79.9. The molecule has 0 rings (SSSR count). The van der Waals surface area contributed by atoms with E-state index in [1.54, 1.807) is 13.8 Å². The van der Waals surface area contributed by atoms with Crippen molar-refractivity contribution in [1.29, 1.82) is 0 Å². The molecule has 0 aromatic heterocycles. The number of carboxylic acids is 1. The SMILES string of the molecule is CCOP(=O)(OCC)[C@@H](Br)C(=O)O. The molecule has 0 amide bonds. The number of aliphatic carboxylic acids is 1. The van der Waals surface area contributed by atoms with Crippen molar-refractivity contribution in [2.45, 2.75) is 18.4 Å². The maximum Gasteiger partial charge on any atom is 0.355 e. The van der Waals surface area contributed by atoms with E-state index in [0.29, 0.717) is 0 Å². The van der Waals surface area contributed by atoms with Gasteiger partial charge in [0, 0.05) is 0 Å². The van der Waals surface area contributed by atoms with Crippen molar-refractivity contribution in [2.24, 2.45) is 0 Å². The maximum atomic E-state index is 11.7. The van der Waals surface area contributed by atoms with Gasteiger partial charge in [0.1, 0.15) is 0 Å². The highest BCUT2D eigenvalue weighted by Crippen LogP contribution is 2.55. The van der Waals surface area contributed by atoms with Crippen LogP contribution in [-0.2, 0) is 18.4 Å². The Morgan fingerprint density at radius 3 is 2.08 bits per heavy atom. The summed E-state index contributed by atoms with van der Waals surface area (Å²) in [5.41, 5.74) is 0. The molecule has 0 aromatic rings. The van der Waals surface area contributed by atoms with Crippen molar-refractivity contribution in [3.05, 3.63) is 0 Å². The summed E-state index contributed by atoms with van der Waals surface area (Å²) in [5, 5.41) is 8.59. The first-order chi connectivity index (χ1) is 5.98. The van der Waals surface area contributed by atoms with Gasteiger partial charge in [0.15, 0.2) is 0 Å². The average molecular weight is 275 g/mol. The lowest BCUT2D eigenvalue weighted by Gasteiger charge is -2.18. The second-order valence-corrected chi connectivity index (χ2v) is 5.79. The third kappa shape index (κ3) is 3.77. The van der Waals surface area contributed by atoms with Crippen molar-refractivity contribution in [3.63, 3.8) is 0 Å². The van der Waals surface area contributed by atoms with E-state index in [2.05, 4.69) is 15.9 Å². The van der Waals surface area contributed by atoms with E-state index in [0.717, 1.165) is 0 Å². The van der Waals surface area contributed by atoms with Crippen LogP contribution in [0.5, 0.6) is 0 Å². The van der Waals surface area contributed by atoms with Crippen LogP contribution in [0.4, 0.5) is 0 Å². The quantitative estimate of drug-likeness (QED) is 0.593. The molecule has 0 spiro atoms. The number of halogens is 1. The van der Waals surface area contributed by atoms with E-state index < -0.39 is 18.1 Å². The van der Waals surface area contributed by atoms with Gasteiger partial charge in [-0.3, -0.25) is 9.36 Å². The van der Waals surface area contributed by atoms with E-state index in [1.165, 1.54) is 0 Å². The molecular formula is C6H12BrO5P. The molecule has 7 heteroatoms. The van der Waals surface area contributed by atoms with Crippen LogP contribution in [-0.4, -0.2) is 28.9 Å². The monoisotopic (exact) mass is 274 g/mol. The molecule has 5 nitrogen and oxygen atoms in total. The fourth-order valence-corrected chi connectivity index (χ4v) is 2.70. The van der Waals surface area contributed by atoms with E-state index in [-0.39, 0.29) is 13.2 Å². The Morgan fingerprint density at radius 2 is 1.85 bits per heavy atom. The minimum absolute atomic E-state index is 0.145. The molecule has 0 aliphatic heterocycles. The molecule has 0 aliphatic rings. The summed E-state index contributed by atoms with van der Waals surface area (Å²) in [6.45, 7) is 3.53. The largest absolute Gasteiger partial charge is 0.480 e.